The van der Waals surface area contributed by atoms with Crippen molar-refractivity contribution in [2.45, 2.75) is 77.2 Å². The summed E-state index contributed by atoms with van der Waals surface area (Å²) >= 11 is 0. The fraction of sp³-hybridized carbons (Fsp3) is 0.615. The Morgan fingerprint density at radius 3 is 2.08 bits per heavy atom. The molecule has 0 heterocycles. The van der Waals surface area contributed by atoms with Crippen molar-refractivity contribution >= 4 is 23.8 Å². The highest BCUT2D eigenvalue weighted by Crippen LogP contribution is 2.14. The van der Waals surface area contributed by atoms with E-state index < -0.39 is 18.0 Å². The minimum Gasteiger partial charge on any atom is -0.494 e. The molecule has 0 saturated heterocycles. The first-order valence-electron chi connectivity index (χ1n) is 12.7. The summed E-state index contributed by atoms with van der Waals surface area (Å²) in [6.45, 7) is 3.77. The summed E-state index contributed by atoms with van der Waals surface area (Å²) in [5.41, 5.74) is 0.232. The molecule has 0 spiro atoms. The van der Waals surface area contributed by atoms with Crippen LogP contribution in [0.2, 0.25) is 0 Å². The van der Waals surface area contributed by atoms with Crippen molar-refractivity contribution in [1.29, 1.82) is 0 Å². The predicted molar refractivity (Wildman–Crippen MR) is 134 cm³/mol. The van der Waals surface area contributed by atoms with E-state index in [4.69, 9.17) is 14.6 Å². The van der Waals surface area contributed by atoms with Gasteiger partial charge in [-0.15, -0.1) is 0 Å². The molecular formula is C26H40N2O8. The second-order valence-corrected chi connectivity index (χ2v) is 8.45. The second kappa shape index (κ2) is 19.1. The van der Waals surface area contributed by atoms with Crippen LogP contribution >= 0.6 is 0 Å². The van der Waals surface area contributed by atoms with E-state index in [0.29, 0.717) is 38.5 Å². The summed E-state index contributed by atoms with van der Waals surface area (Å²) in [6.07, 6.45) is 6.92. The van der Waals surface area contributed by atoms with E-state index >= 15 is 0 Å². The number of carboxylic acids is 2. The fourth-order valence-corrected chi connectivity index (χ4v) is 3.45. The van der Waals surface area contributed by atoms with Crippen molar-refractivity contribution in [3.05, 3.63) is 29.8 Å². The average Bonchev–Trinajstić information content (AvgIpc) is 2.85. The van der Waals surface area contributed by atoms with Crippen LogP contribution in [-0.4, -0.2) is 66.4 Å². The Hall–Kier alpha value is -3.14. The van der Waals surface area contributed by atoms with Gasteiger partial charge < -0.3 is 30.3 Å². The molecule has 0 unspecified atom stereocenters. The second-order valence-electron chi connectivity index (χ2n) is 8.45. The Bertz CT molecular complexity index is 798. The van der Waals surface area contributed by atoms with Gasteiger partial charge in [-0.05, 0) is 50.5 Å². The number of carboxylic acid groups (broad SMARTS) is 2. The number of rotatable bonds is 21. The smallest absolute Gasteiger partial charge is 0.335 e. The maximum atomic E-state index is 12.1. The number of ether oxygens (including phenoxy) is 2. The largest absolute Gasteiger partial charge is 0.494 e. The lowest BCUT2D eigenvalue weighted by molar-refractivity contribution is -0.142. The minimum absolute atomic E-state index is 0.0193. The standard InChI is InChI=1S/C26H40N2O8/c1-2-35-19-17-27-23(29)16-15-22(26(33)34)28-24(30)10-8-6-4-3-5-7-9-18-36-21-13-11-20(12-14-21)25(31)32/h11-14,22H,2-10,15-19H2,1H3,(H,27,29)(H,28,30)(H,31,32)(H,33,34)/t22-/m0/s1. The van der Waals surface area contributed by atoms with Crippen LogP contribution in [0.4, 0.5) is 0 Å². The molecule has 0 aliphatic heterocycles. The Labute approximate surface area is 212 Å². The highest BCUT2D eigenvalue weighted by atomic mass is 16.5. The summed E-state index contributed by atoms with van der Waals surface area (Å²) in [5.74, 6) is -2.03. The van der Waals surface area contributed by atoms with Gasteiger partial charge in [0.15, 0.2) is 0 Å². The summed E-state index contributed by atoms with van der Waals surface area (Å²) in [4.78, 5) is 46.1. The van der Waals surface area contributed by atoms with Gasteiger partial charge in [0.2, 0.25) is 11.8 Å². The van der Waals surface area contributed by atoms with Crippen LogP contribution < -0.4 is 15.4 Å². The number of hydrogen-bond acceptors (Lipinski definition) is 6. The highest BCUT2D eigenvalue weighted by molar-refractivity contribution is 5.87. The maximum absolute atomic E-state index is 12.1. The van der Waals surface area contributed by atoms with Crippen LogP contribution in [0.5, 0.6) is 5.75 Å². The summed E-state index contributed by atoms with van der Waals surface area (Å²) in [5, 5.41) is 23.4. The van der Waals surface area contributed by atoms with Crippen LogP contribution in [0.1, 0.15) is 81.5 Å². The van der Waals surface area contributed by atoms with Gasteiger partial charge in [0.1, 0.15) is 11.8 Å². The number of aromatic carboxylic acids is 1. The van der Waals surface area contributed by atoms with Crippen LogP contribution in [-0.2, 0) is 19.1 Å². The number of amides is 2. The van der Waals surface area contributed by atoms with Crippen molar-refractivity contribution in [1.82, 2.24) is 10.6 Å². The number of benzene rings is 1. The van der Waals surface area contributed by atoms with E-state index in [1.54, 1.807) is 12.1 Å². The van der Waals surface area contributed by atoms with Gasteiger partial charge in [-0.25, -0.2) is 9.59 Å². The van der Waals surface area contributed by atoms with Gasteiger partial charge in [0.05, 0.1) is 18.8 Å². The first-order chi connectivity index (χ1) is 17.3. The Morgan fingerprint density at radius 1 is 0.833 bits per heavy atom. The molecule has 1 aromatic rings. The third-order valence-corrected chi connectivity index (χ3v) is 5.48. The lowest BCUT2D eigenvalue weighted by Crippen LogP contribution is -2.41. The number of carbonyl (C=O) groups is 4. The maximum Gasteiger partial charge on any atom is 0.335 e. The molecule has 36 heavy (non-hydrogen) atoms. The Balaban J connectivity index is 2.05. The molecule has 0 radical (unpaired) electrons. The Morgan fingerprint density at radius 2 is 1.47 bits per heavy atom. The predicted octanol–water partition coefficient (Wildman–Crippen LogP) is 3.39. The van der Waals surface area contributed by atoms with Gasteiger partial charge >= 0.3 is 11.9 Å². The molecule has 10 heteroatoms. The first-order valence-corrected chi connectivity index (χ1v) is 12.7. The third kappa shape index (κ3) is 15.0. The van der Waals surface area contributed by atoms with Gasteiger partial charge in [-0.3, -0.25) is 9.59 Å². The average molecular weight is 509 g/mol. The summed E-state index contributed by atoms with van der Waals surface area (Å²) in [6, 6.07) is 5.27. The molecule has 4 N–H and O–H groups in total. The number of carbonyl (C=O) groups excluding carboxylic acids is 2. The quantitative estimate of drug-likeness (QED) is 0.185. The van der Waals surface area contributed by atoms with Crippen molar-refractivity contribution in [3.8, 4) is 5.75 Å². The van der Waals surface area contributed by atoms with Crippen molar-refractivity contribution in [2.75, 3.05) is 26.4 Å². The molecule has 0 fully saturated rings. The Kier molecular flexibility index (Phi) is 16.4. The van der Waals surface area contributed by atoms with Crippen LogP contribution in [0, 0.1) is 0 Å². The molecule has 0 aliphatic carbocycles. The molecule has 1 rings (SSSR count). The number of nitrogens with one attached hydrogen (secondary N) is 2. The topological polar surface area (TPSA) is 151 Å². The van der Waals surface area contributed by atoms with E-state index in [9.17, 15) is 24.3 Å². The fourth-order valence-electron chi connectivity index (χ4n) is 3.45. The number of aliphatic carboxylic acids is 1. The molecule has 0 aromatic heterocycles. The van der Waals surface area contributed by atoms with Gasteiger partial charge in [0, 0.05) is 26.0 Å². The summed E-state index contributed by atoms with van der Waals surface area (Å²) < 4.78 is 10.7. The number of hydrogen-bond donors (Lipinski definition) is 4. The van der Waals surface area contributed by atoms with E-state index in [-0.39, 0.29) is 36.6 Å². The van der Waals surface area contributed by atoms with E-state index in [1.807, 2.05) is 6.92 Å². The van der Waals surface area contributed by atoms with Gasteiger partial charge in [-0.1, -0.05) is 32.1 Å². The van der Waals surface area contributed by atoms with E-state index in [0.717, 1.165) is 38.5 Å². The van der Waals surface area contributed by atoms with E-state index in [2.05, 4.69) is 10.6 Å². The van der Waals surface area contributed by atoms with Gasteiger partial charge in [0.25, 0.3) is 0 Å². The monoisotopic (exact) mass is 508 g/mol. The highest BCUT2D eigenvalue weighted by Gasteiger charge is 2.20. The van der Waals surface area contributed by atoms with Crippen molar-refractivity contribution in [2.24, 2.45) is 0 Å². The minimum atomic E-state index is -1.15. The lowest BCUT2D eigenvalue weighted by atomic mass is 10.1. The molecular weight excluding hydrogens is 468 g/mol. The molecule has 1 aromatic carbocycles. The third-order valence-electron chi connectivity index (χ3n) is 5.48. The van der Waals surface area contributed by atoms with E-state index in [1.165, 1.54) is 12.1 Å². The zero-order valence-electron chi connectivity index (χ0n) is 21.1. The van der Waals surface area contributed by atoms with Crippen LogP contribution in [0.25, 0.3) is 0 Å². The molecule has 202 valence electrons. The normalized spacial score (nSPS) is 11.5. The van der Waals surface area contributed by atoms with Crippen LogP contribution in [0.3, 0.4) is 0 Å². The van der Waals surface area contributed by atoms with Crippen molar-refractivity contribution < 1.29 is 38.9 Å². The molecule has 0 aliphatic rings. The number of unbranched alkanes of at least 4 members (excludes halogenated alkanes) is 6. The lowest BCUT2D eigenvalue weighted by Gasteiger charge is -2.14. The van der Waals surface area contributed by atoms with Crippen molar-refractivity contribution in [3.63, 3.8) is 0 Å². The summed E-state index contributed by atoms with van der Waals surface area (Å²) in [7, 11) is 0. The first kappa shape index (κ1) is 30.9. The van der Waals surface area contributed by atoms with Gasteiger partial charge in [-0.2, -0.15) is 0 Å². The molecule has 1 atom stereocenters. The SMILES string of the molecule is CCOCCNC(=O)CC[C@H](NC(=O)CCCCCCCCCOc1ccc(C(=O)O)cc1)C(=O)O. The zero-order valence-corrected chi connectivity index (χ0v) is 21.1. The molecule has 0 saturated carbocycles. The van der Waals surface area contributed by atoms with Crippen LogP contribution in [0.15, 0.2) is 24.3 Å². The molecule has 2 amide bonds. The zero-order chi connectivity index (χ0) is 26.6. The molecule has 10 nitrogen and oxygen atoms in total. The molecule has 0 bridgehead atoms.